The lowest BCUT2D eigenvalue weighted by Gasteiger charge is -2.36. The number of aromatic nitrogens is 5. The second kappa shape index (κ2) is 11.7. The molecule has 4 heterocycles. The molecule has 0 bridgehead atoms. The molecule has 4 aromatic rings. The maximum Gasteiger partial charge on any atom is 0.416 e. The number of hydrogen-bond acceptors (Lipinski definition) is 8. The number of carbonyl (C=O) groups is 2. The molecular formula is C27H26BrF3N8O4. The molecule has 0 atom stereocenters. The van der Waals surface area contributed by atoms with Gasteiger partial charge in [-0.1, -0.05) is 6.92 Å². The molecule has 43 heavy (non-hydrogen) atoms. The number of rotatable bonds is 6. The van der Waals surface area contributed by atoms with E-state index >= 15 is 0 Å². The summed E-state index contributed by atoms with van der Waals surface area (Å²) in [4.78, 5) is 51.4. The van der Waals surface area contributed by atoms with Crippen LogP contribution in [0.5, 0.6) is 5.75 Å². The number of nitrogens with one attached hydrogen (secondary N) is 1. The van der Waals surface area contributed by atoms with Gasteiger partial charge in [-0.15, -0.1) is 5.10 Å². The molecule has 2 amide bonds. The third-order valence-corrected chi connectivity index (χ3v) is 7.47. The van der Waals surface area contributed by atoms with Gasteiger partial charge in [0.2, 0.25) is 16.4 Å². The fourth-order valence-corrected chi connectivity index (χ4v) is 5.38. The molecular weight excluding hydrogens is 637 g/mol. The van der Waals surface area contributed by atoms with E-state index < -0.39 is 29.1 Å². The number of benzene rings is 1. The topological polar surface area (TPSA) is 138 Å². The van der Waals surface area contributed by atoms with Gasteiger partial charge in [-0.3, -0.25) is 14.4 Å². The Hall–Kier alpha value is -4.47. The maximum absolute atomic E-state index is 13.7. The summed E-state index contributed by atoms with van der Waals surface area (Å²) in [6, 6.07) is 5.95. The molecule has 226 valence electrons. The average molecular weight is 663 g/mol. The van der Waals surface area contributed by atoms with Crippen LogP contribution < -0.4 is 15.8 Å². The fraction of sp³-hybridized carbons (Fsp3) is 0.333. The van der Waals surface area contributed by atoms with E-state index in [2.05, 4.69) is 36.3 Å². The molecule has 0 unspecified atom stereocenters. The summed E-state index contributed by atoms with van der Waals surface area (Å²) in [6.45, 7) is 4.02. The number of hydrogen-bond donors (Lipinski definition) is 2. The number of piperazine rings is 1. The lowest BCUT2D eigenvalue weighted by Crippen LogP contribution is -2.51. The first-order valence-electron chi connectivity index (χ1n) is 13.2. The molecule has 0 aliphatic carbocycles. The van der Waals surface area contributed by atoms with Gasteiger partial charge in [-0.25, -0.2) is 4.98 Å². The molecule has 1 saturated heterocycles. The summed E-state index contributed by atoms with van der Waals surface area (Å²) >= 11 is 3.19. The highest BCUT2D eigenvalue weighted by Gasteiger charge is 2.32. The Morgan fingerprint density at radius 1 is 1.14 bits per heavy atom. The van der Waals surface area contributed by atoms with E-state index in [0.29, 0.717) is 17.8 Å². The molecule has 1 fully saturated rings. The van der Waals surface area contributed by atoms with E-state index in [1.165, 1.54) is 36.2 Å². The Morgan fingerprint density at radius 2 is 1.86 bits per heavy atom. The van der Waals surface area contributed by atoms with Crippen LogP contribution in [0.4, 0.5) is 24.5 Å². The molecule has 1 aromatic carbocycles. The SMILES string of the molecule is CCc1c(N2CCN(C(=O)c3ncccc3O)CC2)c(=O)n2nc(Br)nc2n1CC(=O)Nc1ccc(C(F)(F)F)cc1C. The van der Waals surface area contributed by atoms with Crippen LogP contribution in [-0.4, -0.2) is 72.1 Å². The van der Waals surface area contributed by atoms with Gasteiger partial charge in [-0.2, -0.15) is 22.7 Å². The first-order valence-corrected chi connectivity index (χ1v) is 14.0. The van der Waals surface area contributed by atoms with Gasteiger partial charge in [0.15, 0.2) is 5.69 Å². The predicted molar refractivity (Wildman–Crippen MR) is 153 cm³/mol. The number of halogens is 4. The third-order valence-electron chi connectivity index (χ3n) is 7.14. The molecule has 0 saturated carbocycles. The maximum atomic E-state index is 13.7. The highest BCUT2D eigenvalue weighted by atomic mass is 79.9. The Kier molecular flexibility index (Phi) is 8.14. The van der Waals surface area contributed by atoms with Crippen molar-refractivity contribution in [3.05, 3.63) is 74.1 Å². The molecule has 3 aromatic heterocycles. The van der Waals surface area contributed by atoms with E-state index in [1.54, 1.807) is 4.57 Å². The number of nitrogens with zero attached hydrogens (tertiary/aromatic N) is 7. The third kappa shape index (κ3) is 5.91. The summed E-state index contributed by atoms with van der Waals surface area (Å²) in [5.74, 6) is -1.09. The summed E-state index contributed by atoms with van der Waals surface area (Å²) in [5.41, 5.74) is -0.0947. The Bertz CT molecular complexity index is 1780. The van der Waals surface area contributed by atoms with Crippen molar-refractivity contribution in [2.45, 2.75) is 33.0 Å². The number of aryl methyl sites for hydroxylation is 1. The normalized spacial score (nSPS) is 13.9. The van der Waals surface area contributed by atoms with Gasteiger partial charge in [0.1, 0.15) is 18.0 Å². The van der Waals surface area contributed by atoms with Gasteiger partial charge in [0.25, 0.3) is 11.5 Å². The van der Waals surface area contributed by atoms with Crippen molar-refractivity contribution in [3.8, 4) is 5.75 Å². The number of aromatic hydroxyl groups is 1. The summed E-state index contributed by atoms with van der Waals surface area (Å²) < 4.78 is 42.0. The number of fused-ring (bicyclic) bond motifs is 1. The van der Waals surface area contributed by atoms with Crippen LogP contribution in [0.1, 0.15) is 34.2 Å². The molecule has 12 nitrogen and oxygen atoms in total. The van der Waals surface area contributed by atoms with Gasteiger partial charge in [0, 0.05) is 38.1 Å². The second-order valence-electron chi connectivity index (χ2n) is 9.86. The largest absolute Gasteiger partial charge is 0.505 e. The van der Waals surface area contributed by atoms with Crippen molar-refractivity contribution in [1.82, 2.24) is 29.0 Å². The first kappa shape index (κ1) is 30.0. The van der Waals surface area contributed by atoms with Crippen molar-refractivity contribution >= 4 is 44.9 Å². The zero-order valence-corrected chi connectivity index (χ0v) is 24.6. The zero-order chi connectivity index (χ0) is 31.1. The minimum Gasteiger partial charge on any atom is -0.505 e. The molecule has 5 rings (SSSR count). The van der Waals surface area contributed by atoms with Gasteiger partial charge < -0.3 is 24.8 Å². The van der Waals surface area contributed by atoms with Crippen molar-refractivity contribution in [3.63, 3.8) is 0 Å². The van der Waals surface area contributed by atoms with Crippen LogP contribution in [0, 0.1) is 6.92 Å². The number of alkyl halides is 3. The van der Waals surface area contributed by atoms with Crippen LogP contribution in [0.25, 0.3) is 5.78 Å². The van der Waals surface area contributed by atoms with Crippen LogP contribution in [0.3, 0.4) is 0 Å². The van der Waals surface area contributed by atoms with Crippen molar-refractivity contribution < 1.29 is 27.9 Å². The van der Waals surface area contributed by atoms with Gasteiger partial charge in [-0.05, 0) is 65.2 Å². The lowest BCUT2D eigenvalue weighted by molar-refractivity contribution is -0.137. The van der Waals surface area contributed by atoms with E-state index in [0.717, 1.165) is 16.6 Å². The van der Waals surface area contributed by atoms with Crippen LogP contribution in [-0.2, 0) is 23.9 Å². The Morgan fingerprint density at radius 3 is 2.49 bits per heavy atom. The van der Waals surface area contributed by atoms with E-state index in [4.69, 9.17) is 0 Å². The summed E-state index contributed by atoms with van der Waals surface area (Å²) in [6.07, 6.45) is -2.76. The smallest absolute Gasteiger partial charge is 0.416 e. The van der Waals surface area contributed by atoms with Crippen molar-refractivity contribution in [2.75, 3.05) is 36.4 Å². The lowest BCUT2D eigenvalue weighted by atomic mass is 10.1. The summed E-state index contributed by atoms with van der Waals surface area (Å²) in [5, 5.41) is 16.9. The van der Waals surface area contributed by atoms with E-state index in [-0.39, 0.29) is 65.9 Å². The molecule has 16 heteroatoms. The molecule has 1 aliphatic heterocycles. The molecule has 2 N–H and O–H groups in total. The minimum atomic E-state index is -4.51. The molecule has 0 spiro atoms. The van der Waals surface area contributed by atoms with Crippen LogP contribution in [0.2, 0.25) is 0 Å². The van der Waals surface area contributed by atoms with E-state index in [9.17, 15) is 32.7 Å². The molecule has 1 aliphatic rings. The number of anilines is 2. The number of pyridine rings is 1. The minimum absolute atomic E-state index is 0.0595. The predicted octanol–water partition coefficient (Wildman–Crippen LogP) is 3.24. The van der Waals surface area contributed by atoms with Gasteiger partial charge >= 0.3 is 6.18 Å². The monoisotopic (exact) mass is 662 g/mol. The van der Waals surface area contributed by atoms with Crippen molar-refractivity contribution in [2.24, 2.45) is 0 Å². The Balaban J connectivity index is 1.43. The van der Waals surface area contributed by atoms with Crippen LogP contribution >= 0.6 is 15.9 Å². The molecule has 0 radical (unpaired) electrons. The first-order chi connectivity index (χ1) is 20.4. The second-order valence-corrected chi connectivity index (χ2v) is 10.6. The van der Waals surface area contributed by atoms with E-state index in [1.807, 2.05) is 11.8 Å². The highest BCUT2D eigenvalue weighted by Crippen LogP contribution is 2.32. The quantitative estimate of drug-likeness (QED) is 0.321. The zero-order valence-electron chi connectivity index (χ0n) is 23.0. The standard InChI is InChI=1S/C27H26BrF3N8O4/c1-3-18-22(36-9-11-37(12-10-36)23(42)21-19(40)5-4-8-32-21)24(43)39-26(34-25(28)35-39)38(18)14-20(41)33-17-7-6-16(13-15(17)2)27(29,30)31/h4-8,13,40H,3,9-12,14H2,1-2H3,(H,33,41). The van der Waals surface area contributed by atoms with Crippen molar-refractivity contribution in [1.29, 1.82) is 0 Å². The highest BCUT2D eigenvalue weighted by molar-refractivity contribution is 9.10. The number of amides is 2. The van der Waals surface area contributed by atoms with Crippen LogP contribution in [0.15, 0.2) is 46.1 Å². The fourth-order valence-electron chi connectivity index (χ4n) is 5.06. The summed E-state index contributed by atoms with van der Waals surface area (Å²) in [7, 11) is 0. The Labute approximate surface area is 250 Å². The van der Waals surface area contributed by atoms with Gasteiger partial charge in [0.05, 0.1) is 11.3 Å². The average Bonchev–Trinajstić information content (AvgIpc) is 3.37. The number of carbonyl (C=O) groups excluding carboxylic acids is 2.